The number of fused-ring (bicyclic) bond motifs is 1. The molecule has 0 amide bonds. The zero-order chi connectivity index (χ0) is 15.8. The third-order valence-electron chi connectivity index (χ3n) is 3.09. The van der Waals surface area contributed by atoms with Crippen LogP contribution in [0.25, 0.3) is 10.9 Å². The van der Waals surface area contributed by atoms with Gasteiger partial charge in [0.25, 0.3) is 0 Å². The van der Waals surface area contributed by atoms with E-state index in [9.17, 15) is 17.6 Å². The molecule has 1 aromatic heterocycles. The molecule has 21 heavy (non-hydrogen) atoms. The second-order valence-electron chi connectivity index (χ2n) is 4.67. The largest absolute Gasteiger partial charge is 0.433 e. The molecule has 0 bridgehead atoms. The van der Waals surface area contributed by atoms with Gasteiger partial charge in [-0.25, -0.2) is 9.37 Å². The number of aromatic nitrogens is 1. The van der Waals surface area contributed by atoms with Crippen molar-refractivity contribution in [1.29, 1.82) is 0 Å². The number of pyridine rings is 1. The zero-order valence-electron chi connectivity index (χ0n) is 11.4. The van der Waals surface area contributed by atoms with Crippen molar-refractivity contribution < 1.29 is 17.6 Å². The van der Waals surface area contributed by atoms with E-state index in [1.165, 1.54) is 13.0 Å². The minimum atomic E-state index is -4.58. The highest BCUT2D eigenvalue weighted by atomic mass is 79.9. The molecule has 0 spiro atoms. The number of hydrogen-bond donors (Lipinski definition) is 1. The van der Waals surface area contributed by atoms with Crippen molar-refractivity contribution in [1.82, 2.24) is 4.98 Å². The van der Waals surface area contributed by atoms with Crippen LogP contribution in [0.4, 0.5) is 23.2 Å². The van der Waals surface area contributed by atoms with E-state index < -0.39 is 17.7 Å². The number of nitrogens with zero attached hydrogens (tertiary/aromatic N) is 1. The lowest BCUT2D eigenvalue weighted by Gasteiger charge is -2.17. The van der Waals surface area contributed by atoms with Crippen molar-refractivity contribution in [2.75, 3.05) is 11.9 Å². The van der Waals surface area contributed by atoms with Crippen LogP contribution in [-0.4, -0.2) is 11.5 Å². The lowest BCUT2D eigenvalue weighted by Crippen LogP contribution is -2.14. The summed E-state index contributed by atoms with van der Waals surface area (Å²) in [6.45, 7) is 3.79. The van der Waals surface area contributed by atoms with E-state index in [4.69, 9.17) is 0 Å². The highest BCUT2D eigenvalue weighted by molar-refractivity contribution is 9.10. The summed E-state index contributed by atoms with van der Waals surface area (Å²) in [5, 5.41) is 3.44. The topological polar surface area (TPSA) is 24.9 Å². The van der Waals surface area contributed by atoms with Crippen LogP contribution in [0.5, 0.6) is 0 Å². The van der Waals surface area contributed by atoms with Gasteiger partial charge in [0.1, 0.15) is 11.5 Å². The first-order valence-electron chi connectivity index (χ1n) is 6.36. The van der Waals surface area contributed by atoms with Crippen molar-refractivity contribution in [3.05, 3.63) is 33.7 Å². The number of benzene rings is 1. The molecule has 0 aliphatic carbocycles. The fourth-order valence-corrected chi connectivity index (χ4v) is 2.45. The minimum Gasteiger partial charge on any atom is -0.384 e. The van der Waals surface area contributed by atoms with Gasteiger partial charge >= 0.3 is 6.18 Å². The molecular formula is C14H13BrF4N2. The lowest BCUT2D eigenvalue weighted by atomic mass is 10.1. The van der Waals surface area contributed by atoms with Crippen LogP contribution in [0.2, 0.25) is 0 Å². The van der Waals surface area contributed by atoms with Crippen LogP contribution in [0.15, 0.2) is 16.6 Å². The summed E-state index contributed by atoms with van der Waals surface area (Å²) in [7, 11) is 0. The van der Waals surface area contributed by atoms with Crippen LogP contribution < -0.4 is 5.32 Å². The molecule has 0 radical (unpaired) electrons. The van der Waals surface area contributed by atoms with Gasteiger partial charge in [-0.1, -0.05) is 6.92 Å². The van der Waals surface area contributed by atoms with Gasteiger partial charge in [-0.2, -0.15) is 13.2 Å². The minimum absolute atomic E-state index is 0.0157. The van der Waals surface area contributed by atoms with Crippen LogP contribution in [0, 0.1) is 12.7 Å². The van der Waals surface area contributed by atoms with Crippen molar-refractivity contribution in [3.63, 3.8) is 0 Å². The number of halogens is 5. The molecule has 0 unspecified atom stereocenters. The SMILES string of the molecule is CCCNc1c(C)c(C(F)(F)F)nc2cc(F)c(Br)cc12. The molecule has 114 valence electrons. The van der Waals surface area contributed by atoms with Crippen LogP contribution in [-0.2, 0) is 6.18 Å². The van der Waals surface area contributed by atoms with E-state index in [1.807, 2.05) is 6.92 Å². The average molecular weight is 365 g/mol. The molecule has 1 N–H and O–H groups in total. The smallest absolute Gasteiger partial charge is 0.384 e. The van der Waals surface area contributed by atoms with Crippen molar-refractivity contribution in [2.24, 2.45) is 0 Å². The van der Waals surface area contributed by atoms with Gasteiger partial charge in [-0.05, 0) is 35.3 Å². The Kier molecular flexibility index (Phi) is 4.41. The Morgan fingerprint density at radius 1 is 1.29 bits per heavy atom. The highest BCUT2D eigenvalue weighted by Gasteiger charge is 2.36. The predicted octanol–water partition coefficient (Wildman–Crippen LogP) is 5.29. The number of alkyl halides is 3. The number of rotatable bonds is 3. The summed E-state index contributed by atoms with van der Waals surface area (Å²) in [6, 6.07) is 2.45. The molecule has 2 rings (SSSR count). The Balaban J connectivity index is 2.79. The van der Waals surface area contributed by atoms with Crippen LogP contribution in [0.1, 0.15) is 24.6 Å². The van der Waals surface area contributed by atoms with E-state index in [-0.39, 0.29) is 15.6 Å². The maximum absolute atomic E-state index is 13.6. The fraction of sp³-hybridized carbons (Fsp3) is 0.357. The molecule has 7 heteroatoms. The lowest BCUT2D eigenvalue weighted by molar-refractivity contribution is -0.141. The molecular weight excluding hydrogens is 352 g/mol. The van der Waals surface area contributed by atoms with Gasteiger partial charge < -0.3 is 5.32 Å². The second-order valence-corrected chi connectivity index (χ2v) is 5.52. The van der Waals surface area contributed by atoms with Crippen molar-refractivity contribution in [3.8, 4) is 0 Å². The van der Waals surface area contributed by atoms with Crippen molar-refractivity contribution >= 4 is 32.5 Å². The Bertz CT molecular complexity index is 683. The second kappa shape index (κ2) is 5.79. The van der Waals surface area contributed by atoms with E-state index >= 15 is 0 Å². The first kappa shape index (κ1) is 16.0. The van der Waals surface area contributed by atoms with Crippen LogP contribution >= 0.6 is 15.9 Å². The molecule has 0 atom stereocenters. The normalized spacial score (nSPS) is 12.0. The maximum Gasteiger partial charge on any atom is 0.433 e. The molecule has 2 aromatic rings. The van der Waals surface area contributed by atoms with E-state index in [0.717, 1.165) is 12.5 Å². The van der Waals surface area contributed by atoms with Crippen molar-refractivity contribution in [2.45, 2.75) is 26.4 Å². The summed E-state index contributed by atoms with van der Waals surface area (Å²) in [4.78, 5) is 3.59. The average Bonchev–Trinajstić information content (AvgIpc) is 2.38. The van der Waals surface area contributed by atoms with Gasteiger partial charge in [0.2, 0.25) is 0 Å². The first-order valence-corrected chi connectivity index (χ1v) is 7.15. The quantitative estimate of drug-likeness (QED) is 0.748. The van der Waals surface area contributed by atoms with Gasteiger partial charge in [0, 0.05) is 29.2 Å². The highest BCUT2D eigenvalue weighted by Crippen LogP contribution is 2.38. The Hall–Kier alpha value is -1.37. The third kappa shape index (κ3) is 3.12. The first-order chi connectivity index (χ1) is 9.75. The van der Waals surface area contributed by atoms with Crippen LogP contribution in [0.3, 0.4) is 0 Å². The van der Waals surface area contributed by atoms with E-state index in [2.05, 4.69) is 26.2 Å². The maximum atomic E-state index is 13.6. The Morgan fingerprint density at radius 2 is 1.95 bits per heavy atom. The summed E-state index contributed by atoms with van der Waals surface area (Å²) >= 11 is 3.05. The monoisotopic (exact) mass is 364 g/mol. The zero-order valence-corrected chi connectivity index (χ0v) is 13.0. The molecule has 0 saturated carbocycles. The van der Waals surface area contributed by atoms with Gasteiger partial charge in [-0.15, -0.1) is 0 Å². The number of hydrogen-bond acceptors (Lipinski definition) is 2. The fourth-order valence-electron chi connectivity index (χ4n) is 2.11. The summed E-state index contributed by atoms with van der Waals surface area (Å²) < 4.78 is 53.0. The molecule has 0 aliphatic rings. The molecule has 0 aliphatic heterocycles. The number of nitrogens with one attached hydrogen (secondary N) is 1. The molecule has 0 saturated heterocycles. The molecule has 1 aromatic carbocycles. The summed E-state index contributed by atoms with van der Waals surface area (Å²) in [5.41, 5.74) is -0.653. The van der Waals surface area contributed by atoms with E-state index in [0.29, 0.717) is 17.6 Å². The van der Waals surface area contributed by atoms with E-state index in [1.54, 1.807) is 0 Å². The van der Waals surface area contributed by atoms with Gasteiger partial charge in [-0.3, -0.25) is 0 Å². The molecule has 1 heterocycles. The summed E-state index contributed by atoms with van der Waals surface area (Å²) in [5.74, 6) is -0.645. The number of anilines is 1. The predicted molar refractivity (Wildman–Crippen MR) is 77.9 cm³/mol. The molecule has 0 fully saturated rings. The van der Waals surface area contributed by atoms with Gasteiger partial charge in [0.15, 0.2) is 0 Å². The third-order valence-corrected chi connectivity index (χ3v) is 3.70. The molecule has 2 nitrogen and oxygen atoms in total. The standard InChI is InChI=1S/C14H13BrF4N2/c1-3-4-20-12-7(2)13(14(17,18)19)21-11-6-10(16)9(15)5-8(11)12/h5-6H,3-4H2,1-2H3,(H,20,21). The Labute approximate surface area is 127 Å². The Morgan fingerprint density at radius 3 is 2.52 bits per heavy atom. The van der Waals surface area contributed by atoms with Gasteiger partial charge in [0.05, 0.1) is 9.99 Å². The summed E-state index contributed by atoms with van der Waals surface area (Å²) in [6.07, 6.45) is -3.82.